The Hall–Kier alpha value is -1.26. The van der Waals surface area contributed by atoms with Gasteiger partial charge in [0.15, 0.2) is 6.10 Å². The molecule has 0 aliphatic carbocycles. The topological polar surface area (TPSA) is 64.3 Å². The van der Waals surface area contributed by atoms with Crippen LogP contribution in [0.5, 0.6) is 5.75 Å². The minimum absolute atomic E-state index is 0.0895. The van der Waals surface area contributed by atoms with E-state index in [-0.39, 0.29) is 11.9 Å². The lowest BCUT2D eigenvalue weighted by molar-refractivity contribution is -0.127. The average molecular weight is 299 g/mol. The molecule has 20 heavy (non-hydrogen) atoms. The zero-order valence-electron chi connectivity index (χ0n) is 12.4. The Labute approximate surface area is 125 Å². The summed E-state index contributed by atoms with van der Waals surface area (Å²) in [7, 11) is 0. The zero-order valence-corrected chi connectivity index (χ0v) is 13.2. The van der Waals surface area contributed by atoms with Crippen molar-refractivity contribution in [2.24, 2.45) is 11.7 Å². The van der Waals surface area contributed by atoms with Gasteiger partial charge in [0.1, 0.15) is 5.75 Å². The molecule has 0 bridgehead atoms. The number of carbonyl (C=O) groups is 1. The lowest BCUT2D eigenvalue weighted by Gasteiger charge is -2.17. The fraction of sp³-hybridized carbons (Fsp3) is 0.533. The molecule has 2 atom stereocenters. The summed E-state index contributed by atoms with van der Waals surface area (Å²) in [6, 6.07) is 5.27. The van der Waals surface area contributed by atoms with Gasteiger partial charge in [-0.15, -0.1) is 0 Å². The van der Waals surface area contributed by atoms with E-state index in [1.165, 1.54) is 0 Å². The van der Waals surface area contributed by atoms with Crippen LogP contribution >= 0.6 is 11.6 Å². The van der Waals surface area contributed by atoms with E-state index in [1.54, 1.807) is 19.1 Å². The molecule has 0 aliphatic heterocycles. The number of carbonyl (C=O) groups excluding carboxylic acids is 1. The molecular formula is C15H23ClN2O2. The lowest BCUT2D eigenvalue weighted by atomic mass is 10.1. The normalized spacial score (nSPS) is 13.9. The molecule has 0 fully saturated rings. The number of rotatable bonds is 6. The molecule has 0 saturated heterocycles. The van der Waals surface area contributed by atoms with Gasteiger partial charge in [0.2, 0.25) is 0 Å². The van der Waals surface area contributed by atoms with Crippen LogP contribution in [0.3, 0.4) is 0 Å². The first kappa shape index (κ1) is 16.8. The Morgan fingerprint density at radius 1 is 1.35 bits per heavy atom. The molecule has 0 heterocycles. The average Bonchev–Trinajstić information content (AvgIpc) is 2.37. The number of nitrogens with one attached hydrogen (secondary N) is 1. The van der Waals surface area contributed by atoms with Crippen LogP contribution in [0.15, 0.2) is 18.2 Å². The maximum atomic E-state index is 11.8. The minimum Gasteiger partial charge on any atom is -0.479 e. The lowest BCUT2D eigenvalue weighted by Crippen LogP contribution is -2.38. The van der Waals surface area contributed by atoms with Gasteiger partial charge in [0.05, 0.1) is 5.02 Å². The first-order valence-corrected chi connectivity index (χ1v) is 7.18. The Balaban J connectivity index is 2.66. The van der Waals surface area contributed by atoms with Gasteiger partial charge < -0.3 is 15.8 Å². The highest BCUT2D eigenvalue weighted by Crippen LogP contribution is 2.28. The van der Waals surface area contributed by atoms with Crippen molar-refractivity contribution in [3.63, 3.8) is 0 Å². The van der Waals surface area contributed by atoms with Gasteiger partial charge in [-0.05, 0) is 37.5 Å². The second-order valence-electron chi connectivity index (χ2n) is 5.38. The van der Waals surface area contributed by atoms with E-state index in [2.05, 4.69) is 5.32 Å². The highest BCUT2D eigenvalue weighted by Gasteiger charge is 2.16. The summed E-state index contributed by atoms with van der Waals surface area (Å²) < 4.78 is 5.59. The van der Waals surface area contributed by atoms with Crippen LogP contribution in [0.2, 0.25) is 5.02 Å². The molecule has 1 aromatic carbocycles. The predicted octanol–water partition coefficient (Wildman–Crippen LogP) is 2.90. The van der Waals surface area contributed by atoms with Gasteiger partial charge >= 0.3 is 0 Å². The van der Waals surface area contributed by atoms with Crippen LogP contribution in [0.25, 0.3) is 0 Å². The molecule has 0 radical (unpaired) electrons. The van der Waals surface area contributed by atoms with Crippen LogP contribution in [-0.2, 0) is 4.79 Å². The highest BCUT2D eigenvalue weighted by molar-refractivity contribution is 6.32. The molecule has 0 aromatic heterocycles. The number of ether oxygens (including phenoxy) is 1. The summed E-state index contributed by atoms with van der Waals surface area (Å²) in [5.74, 6) is 0.745. The molecule has 3 N–H and O–H groups in total. The van der Waals surface area contributed by atoms with Crippen molar-refractivity contribution in [2.75, 3.05) is 6.54 Å². The number of hydrogen-bond donors (Lipinski definition) is 2. The number of benzene rings is 1. The molecule has 0 spiro atoms. The van der Waals surface area contributed by atoms with Crippen LogP contribution in [0, 0.1) is 5.92 Å². The maximum absolute atomic E-state index is 11.8. The van der Waals surface area contributed by atoms with Crippen molar-refractivity contribution < 1.29 is 9.53 Å². The second kappa shape index (κ2) is 7.50. The van der Waals surface area contributed by atoms with Crippen molar-refractivity contribution >= 4 is 17.5 Å². The molecule has 5 heteroatoms. The van der Waals surface area contributed by atoms with Crippen LogP contribution in [0.1, 0.15) is 39.3 Å². The fourth-order valence-electron chi connectivity index (χ4n) is 1.59. The van der Waals surface area contributed by atoms with Crippen molar-refractivity contribution in [1.29, 1.82) is 0 Å². The van der Waals surface area contributed by atoms with Gasteiger partial charge in [0, 0.05) is 12.6 Å². The third kappa shape index (κ3) is 5.02. The van der Waals surface area contributed by atoms with E-state index in [4.69, 9.17) is 22.1 Å². The molecule has 1 aromatic rings. The van der Waals surface area contributed by atoms with Gasteiger partial charge in [-0.25, -0.2) is 0 Å². The van der Waals surface area contributed by atoms with Gasteiger partial charge in [0.25, 0.3) is 5.91 Å². The quantitative estimate of drug-likeness (QED) is 0.849. The van der Waals surface area contributed by atoms with E-state index in [0.29, 0.717) is 23.2 Å². The largest absolute Gasteiger partial charge is 0.479 e. The predicted molar refractivity (Wildman–Crippen MR) is 82.0 cm³/mol. The summed E-state index contributed by atoms with van der Waals surface area (Å²) in [5.41, 5.74) is 6.72. The number of amides is 1. The number of hydrogen-bond acceptors (Lipinski definition) is 3. The Morgan fingerprint density at radius 3 is 2.50 bits per heavy atom. The van der Waals surface area contributed by atoms with Crippen molar-refractivity contribution in [2.45, 2.75) is 39.8 Å². The zero-order chi connectivity index (χ0) is 15.3. The number of nitrogens with two attached hydrogens (primary N) is 1. The fourth-order valence-corrected chi connectivity index (χ4v) is 1.82. The molecule has 0 aliphatic rings. The van der Waals surface area contributed by atoms with E-state index >= 15 is 0 Å². The molecular weight excluding hydrogens is 276 g/mol. The van der Waals surface area contributed by atoms with Gasteiger partial charge in [-0.3, -0.25) is 4.79 Å². The smallest absolute Gasteiger partial charge is 0.260 e. The standard InChI is InChI=1S/C15H23ClN2O2/c1-9(2)8-18-15(19)11(4)20-14-6-5-12(10(3)17)7-13(14)16/h5-7,9-11H,8,17H2,1-4H3,(H,18,19)/t10-,11?/m1/s1. The summed E-state index contributed by atoms with van der Waals surface area (Å²) in [6.45, 7) is 8.29. The van der Waals surface area contributed by atoms with Crippen molar-refractivity contribution in [3.05, 3.63) is 28.8 Å². The van der Waals surface area contributed by atoms with E-state index in [1.807, 2.05) is 26.8 Å². The molecule has 1 rings (SSSR count). The van der Waals surface area contributed by atoms with Gasteiger partial charge in [-0.1, -0.05) is 31.5 Å². The molecule has 0 saturated carbocycles. The maximum Gasteiger partial charge on any atom is 0.260 e. The van der Waals surface area contributed by atoms with E-state index in [0.717, 1.165) is 5.56 Å². The Bertz CT molecular complexity index is 461. The second-order valence-corrected chi connectivity index (χ2v) is 5.78. The number of halogens is 1. The third-order valence-corrected chi connectivity index (χ3v) is 3.13. The minimum atomic E-state index is -0.590. The molecule has 1 unspecified atom stereocenters. The van der Waals surface area contributed by atoms with E-state index in [9.17, 15) is 4.79 Å². The summed E-state index contributed by atoms with van der Waals surface area (Å²) in [6.07, 6.45) is -0.590. The molecule has 112 valence electrons. The monoisotopic (exact) mass is 298 g/mol. The Kier molecular flexibility index (Phi) is 6.30. The van der Waals surface area contributed by atoms with Gasteiger partial charge in [-0.2, -0.15) is 0 Å². The third-order valence-electron chi connectivity index (χ3n) is 2.84. The Morgan fingerprint density at radius 2 is 2.00 bits per heavy atom. The first-order chi connectivity index (χ1) is 9.31. The summed E-state index contributed by atoms with van der Waals surface area (Å²) in [4.78, 5) is 11.8. The van der Waals surface area contributed by atoms with Crippen LogP contribution in [0.4, 0.5) is 0 Å². The molecule has 4 nitrogen and oxygen atoms in total. The van der Waals surface area contributed by atoms with Crippen molar-refractivity contribution in [1.82, 2.24) is 5.32 Å². The summed E-state index contributed by atoms with van der Waals surface area (Å²) in [5, 5.41) is 3.29. The van der Waals surface area contributed by atoms with E-state index < -0.39 is 6.10 Å². The molecule has 1 amide bonds. The summed E-state index contributed by atoms with van der Waals surface area (Å²) >= 11 is 6.14. The first-order valence-electron chi connectivity index (χ1n) is 6.80. The van der Waals surface area contributed by atoms with Crippen LogP contribution in [-0.4, -0.2) is 18.6 Å². The highest BCUT2D eigenvalue weighted by atomic mass is 35.5. The van der Waals surface area contributed by atoms with Crippen LogP contribution < -0.4 is 15.8 Å². The van der Waals surface area contributed by atoms with Crippen molar-refractivity contribution in [3.8, 4) is 5.75 Å². The SMILES string of the molecule is CC(C)CNC(=O)C(C)Oc1ccc([C@@H](C)N)cc1Cl.